The summed E-state index contributed by atoms with van der Waals surface area (Å²) in [5, 5.41) is 4.84. The number of benzene rings is 3. The van der Waals surface area contributed by atoms with Gasteiger partial charge in [0.1, 0.15) is 16.9 Å². The third-order valence-corrected chi connectivity index (χ3v) is 5.59. The third kappa shape index (κ3) is 2.28. The number of aryl methyl sites for hydroxylation is 3. The van der Waals surface area contributed by atoms with Gasteiger partial charge in [0, 0.05) is 23.8 Å². The number of hydrogen-bond donors (Lipinski definition) is 0. The zero-order valence-corrected chi connectivity index (χ0v) is 16.0. The van der Waals surface area contributed by atoms with Crippen molar-refractivity contribution < 1.29 is 8.98 Å². The van der Waals surface area contributed by atoms with Gasteiger partial charge < -0.3 is 4.42 Å². The highest BCUT2D eigenvalue weighted by Gasteiger charge is 2.21. The quantitative estimate of drug-likeness (QED) is 0.370. The second-order valence-electron chi connectivity index (χ2n) is 7.36. The molecular weight excluding hydrogens is 332 g/mol. The Morgan fingerprint density at radius 2 is 1.74 bits per heavy atom. The fraction of sp³-hybridized carbons (Fsp3) is 0.167. The van der Waals surface area contributed by atoms with Crippen molar-refractivity contribution in [2.45, 2.75) is 20.8 Å². The molecule has 0 aliphatic rings. The third-order valence-electron chi connectivity index (χ3n) is 5.59. The van der Waals surface area contributed by atoms with E-state index in [1.165, 1.54) is 32.7 Å². The van der Waals surface area contributed by atoms with Gasteiger partial charge in [0.25, 0.3) is 6.33 Å². The molecule has 0 bridgehead atoms. The van der Waals surface area contributed by atoms with Crippen LogP contribution in [0.3, 0.4) is 0 Å². The van der Waals surface area contributed by atoms with Crippen LogP contribution in [0.2, 0.25) is 0 Å². The van der Waals surface area contributed by atoms with Crippen LogP contribution >= 0.6 is 0 Å². The molecule has 0 aliphatic carbocycles. The first-order valence-electron chi connectivity index (χ1n) is 9.21. The van der Waals surface area contributed by atoms with E-state index >= 15 is 0 Å². The molecule has 3 aromatic carbocycles. The molecule has 5 aromatic rings. The predicted molar refractivity (Wildman–Crippen MR) is 110 cm³/mol. The van der Waals surface area contributed by atoms with Crippen LogP contribution in [0.1, 0.15) is 16.8 Å². The van der Waals surface area contributed by atoms with Crippen LogP contribution in [0, 0.1) is 20.8 Å². The largest absolute Gasteiger partial charge is 0.455 e. The molecule has 2 aromatic heterocycles. The molecule has 0 saturated heterocycles. The molecule has 0 saturated carbocycles. The second-order valence-corrected chi connectivity index (χ2v) is 7.36. The summed E-state index contributed by atoms with van der Waals surface area (Å²) in [6, 6.07) is 17.1. The molecule has 3 nitrogen and oxygen atoms in total. The molecule has 0 N–H and O–H groups in total. The van der Waals surface area contributed by atoms with Gasteiger partial charge in [-0.15, -0.1) is 0 Å². The predicted octanol–water partition coefficient (Wildman–Crippen LogP) is 5.55. The Morgan fingerprint density at radius 1 is 0.926 bits per heavy atom. The Kier molecular flexibility index (Phi) is 3.35. The molecule has 0 radical (unpaired) electrons. The topological polar surface area (TPSA) is 29.9 Å². The number of rotatable bonds is 1. The fourth-order valence-corrected chi connectivity index (χ4v) is 4.04. The molecule has 5 rings (SSSR count). The smallest absolute Gasteiger partial charge is 0.286 e. The number of hydrogen-bond acceptors (Lipinski definition) is 2. The number of fused-ring (bicyclic) bond motifs is 5. The molecule has 0 spiro atoms. The summed E-state index contributed by atoms with van der Waals surface area (Å²) in [5.41, 5.74) is 7.66. The Bertz CT molecular complexity index is 1360. The van der Waals surface area contributed by atoms with Crippen molar-refractivity contribution in [1.29, 1.82) is 0 Å². The van der Waals surface area contributed by atoms with E-state index in [0.717, 1.165) is 28.1 Å². The van der Waals surface area contributed by atoms with Crippen molar-refractivity contribution in [1.82, 2.24) is 4.98 Å². The lowest BCUT2D eigenvalue weighted by molar-refractivity contribution is -0.663. The van der Waals surface area contributed by atoms with Crippen molar-refractivity contribution in [2.24, 2.45) is 7.05 Å². The zero-order valence-electron chi connectivity index (χ0n) is 16.0. The minimum absolute atomic E-state index is 0.934. The maximum Gasteiger partial charge on any atom is 0.286 e. The normalized spacial score (nSPS) is 11.7. The summed E-state index contributed by atoms with van der Waals surface area (Å²) in [4.78, 5) is 4.41. The van der Waals surface area contributed by atoms with Crippen LogP contribution in [0.5, 0.6) is 0 Å². The summed E-state index contributed by atoms with van der Waals surface area (Å²) in [6.07, 6.45) is 1.87. The van der Waals surface area contributed by atoms with Crippen molar-refractivity contribution in [3.63, 3.8) is 0 Å². The van der Waals surface area contributed by atoms with Gasteiger partial charge in [0.05, 0.1) is 12.6 Å². The zero-order chi connectivity index (χ0) is 18.7. The molecule has 0 aliphatic heterocycles. The maximum absolute atomic E-state index is 6.44. The SMILES string of the molecule is Cc1cc(-c2c(C)c(C)cc3c2oc2ccc4ccccc4c23)[n+](C)cn1. The van der Waals surface area contributed by atoms with Crippen LogP contribution in [0.15, 0.2) is 59.3 Å². The Morgan fingerprint density at radius 3 is 2.59 bits per heavy atom. The van der Waals surface area contributed by atoms with Crippen LogP contribution in [0.4, 0.5) is 0 Å². The second kappa shape index (κ2) is 5.65. The lowest BCUT2D eigenvalue weighted by Crippen LogP contribution is -2.31. The van der Waals surface area contributed by atoms with E-state index < -0.39 is 0 Å². The molecule has 27 heavy (non-hydrogen) atoms. The average Bonchev–Trinajstić information content (AvgIpc) is 3.03. The highest BCUT2D eigenvalue weighted by molar-refractivity contribution is 6.20. The molecular formula is C24H21N2O+. The first-order chi connectivity index (χ1) is 13.0. The van der Waals surface area contributed by atoms with E-state index in [-0.39, 0.29) is 0 Å². The first kappa shape index (κ1) is 16.0. The van der Waals surface area contributed by atoms with Gasteiger partial charge >= 0.3 is 0 Å². The molecule has 0 unspecified atom stereocenters. The Balaban J connectivity index is 2.01. The van der Waals surface area contributed by atoms with Gasteiger partial charge in [0.2, 0.25) is 0 Å². The monoisotopic (exact) mass is 353 g/mol. The van der Waals surface area contributed by atoms with E-state index in [9.17, 15) is 0 Å². The van der Waals surface area contributed by atoms with Gasteiger partial charge in [-0.05, 0) is 47.9 Å². The van der Waals surface area contributed by atoms with E-state index in [1.54, 1.807) is 0 Å². The van der Waals surface area contributed by atoms with Crippen LogP contribution in [0.25, 0.3) is 44.0 Å². The first-order valence-corrected chi connectivity index (χ1v) is 9.21. The highest BCUT2D eigenvalue weighted by atomic mass is 16.3. The van der Waals surface area contributed by atoms with Gasteiger partial charge in [-0.2, -0.15) is 0 Å². The van der Waals surface area contributed by atoms with E-state index in [0.29, 0.717) is 0 Å². The van der Waals surface area contributed by atoms with Crippen LogP contribution < -0.4 is 4.57 Å². The van der Waals surface area contributed by atoms with Gasteiger partial charge in [0.15, 0.2) is 5.69 Å². The Labute approximate surface area is 157 Å². The molecule has 2 heterocycles. The lowest BCUT2D eigenvalue weighted by Gasteiger charge is -2.10. The van der Waals surface area contributed by atoms with Gasteiger partial charge in [-0.3, -0.25) is 0 Å². The van der Waals surface area contributed by atoms with E-state index in [1.807, 2.05) is 20.3 Å². The molecule has 0 amide bonds. The van der Waals surface area contributed by atoms with Gasteiger partial charge in [-0.1, -0.05) is 35.3 Å². The van der Waals surface area contributed by atoms with E-state index in [2.05, 4.69) is 71.9 Å². The number of nitrogens with zero attached hydrogens (tertiary/aromatic N) is 2. The maximum atomic E-state index is 6.44. The number of aromatic nitrogens is 2. The fourth-order valence-electron chi connectivity index (χ4n) is 4.04. The Hall–Kier alpha value is -3.20. The number of furan rings is 1. The summed E-state index contributed by atoms with van der Waals surface area (Å²) in [5.74, 6) is 0. The van der Waals surface area contributed by atoms with Crippen molar-refractivity contribution >= 4 is 32.7 Å². The van der Waals surface area contributed by atoms with Crippen molar-refractivity contribution in [2.75, 3.05) is 0 Å². The van der Waals surface area contributed by atoms with E-state index in [4.69, 9.17) is 4.42 Å². The van der Waals surface area contributed by atoms with Crippen LogP contribution in [-0.2, 0) is 7.05 Å². The van der Waals surface area contributed by atoms with Crippen molar-refractivity contribution in [3.8, 4) is 11.3 Å². The van der Waals surface area contributed by atoms with Crippen LogP contribution in [-0.4, -0.2) is 4.98 Å². The summed E-state index contributed by atoms with van der Waals surface area (Å²) in [6.45, 7) is 6.37. The summed E-state index contributed by atoms with van der Waals surface area (Å²) in [7, 11) is 2.04. The average molecular weight is 353 g/mol. The minimum Gasteiger partial charge on any atom is -0.455 e. The molecule has 132 valence electrons. The van der Waals surface area contributed by atoms with Gasteiger partial charge in [-0.25, -0.2) is 4.57 Å². The summed E-state index contributed by atoms with van der Waals surface area (Å²) >= 11 is 0. The van der Waals surface area contributed by atoms with Crippen molar-refractivity contribution in [3.05, 3.63) is 71.7 Å². The standard InChI is InChI=1S/C24H21N2O/c1-14-11-19-23-18-8-6-5-7-17(18)9-10-21(23)27-24(19)22(16(14)3)20-12-15(2)25-13-26(20)4/h5-13H,1-4H3/q+1. The summed E-state index contributed by atoms with van der Waals surface area (Å²) < 4.78 is 8.51. The molecule has 0 fully saturated rings. The highest BCUT2D eigenvalue weighted by Crippen LogP contribution is 2.41. The molecule has 3 heteroatoms. The minimum atomic E-state index is 0.934. The lowest BCUT2D eigenvalue weighted by atomic mass is 9.95. The molecule has 0 atom stereocenters.